The van der Waals surface area contributed by atoms with E-state index in [-0.39, 0.29) is 6.04 Å². The van der Waals surface area contributed by atoms with Crippen molar-refractivity contribution in [3.05, 3.63) is 53.3 Å². The van der Waals surface area contributed by atoms with Gasteiger partial charge in [0.05, 0.1) is 19.4 Å². The van der Waals surface area contributed by atoms with Crippen LogP contribution in [0.25, 0.3) is 0 Å². The lowest BCUT2D eigenvalue weighted by atomic mass is 10.1. The summed E-state index contributed by atoms with van der Waals surface area (Å²) in [4.78, 5) is 4.53. The average Bonchev–Trinajstić information content (AvgIpc) is 2.52. The van der Waals surface area contributed by atoms with Crippen molar-refractivity contribution in [1.82, 2.24) is 10.3 Å². The van der Waals surface area contributed by atoms with E-state index in [1.54, 1.807) is 7.11 Å². The fourth-order valence-corrected chi connectivity index (χ4v) is 2.33. The van der Waals surface area contributed by atoms with Crippen molar-refractivity contribution < 1.29 is 9.47 Å². The Balaban J connectivity index is 2.01. The smallest absolute Gasteiger partial charge is 0.122 e. The summed E-state index contributed by atoms with van der Waals surface area (Å²) in [5, 5.41) is 3.49. The molecule has 4 nitrogen and oxygen atoms in total. The number of nitrogens with zero attached hydrogens (tertiary/aromatic N) is 1. The van der Waals surface area contributed by atoms with E-state index in [0.717, 1.165) is 22.9 Å². The lowest BCUT2D eigenvalue weighted by Crippen LogP contribution is -2.19. The standard InChI is InChI=1S/C18H24N2O2/c1-5-22-17-8-6-7-15(10-17)14(3)19-12-16-11-18(21-4)9-13(2)20-16/h6-11,14,19H,5,12H2,1-4H3. The van der Waals surface area contributed by atoms with Gasteiger partial charge >= 0.3 is 0 Å². The van der Waals surface area contributed by atoms with Crippen molar-refractivity contribution in [1.29, 1.82) is 0 Å². The largest absolute Gasteiger partial charge is 0.497 e. The molecular formula is C18H24N2O2. The summed E-state index contributed by atoms with van der Waals surface area (Å²) < 4.78 is 10.8. The molecule has 22 heavy (non-hydrogen) atoms. The van der Waals surface area contributed by atoms with Gasteiger partial charge in [0, 0.05) is 30.4 Å². The molecule has 2 aromatic rings. The third-order valence-corrected chi connectivity index (χ3v) is 3.47. The fourth-order valence-electron chi connectivity index (χ4n) is 2.33. The molecule has 4 heteroatoms. The van der Waals surface area contributed by atoms with E-state index in [1.165, 1.54) is 5.56 Å². The molecule has 1 heterocycles. The first-order valence-corrected chi connectivity index (χ1v) is 7.60. The van der Waals surface area contributed by atoms with Crippen molar-refractivity contribution in [2.45, 2.75) is 33.4 Å². The highest BCUT2D eigenvalue weighted by Gasteiger charge is 2.07. The number of pyridine rings is 1. The summed E-state index contributed by atoms with van der Waals surface area (Å²) in [6.07, 6.45) is 0. The molecule has 0 amide bonds. The zero-order valence-corrected chi connectivity index (χ0v) is 13.7. The van der Waals surface area contributed by atoms with Gasteiger partial charge < -0.3 is 14.8 Å². The number of hydrogen-bond acceptors (Lipinski definition) is 4. The number of methoxy groups -OCH3 is 1. The van der Waals surface area contributed by atoms with Crippen LogP contribution >= 0.6 is 0 Å². The molecule has 0 saturated heterocycles. The maximum atomic E-state index is 5.55. The van der Waals surface area contributed by atoms with Crippen molar-refractivity contribution >= 4 is 0 Å². The van der Waals surface area contributed by atoms with Gasteiger partial charge in [0.2, 0.25) is 0 Å². The third-order valence-electron chi connectivity index (χ3n) is 3.47. The number of ether oxygens (including phenoxy) is 2. The van der Waals surface area contributed by atoms with Crippen LogP contribution in [0.5, 0.6) is 11.5 Å². The Hall–Kier alpha value is -2.07. The maximum Gasteiger partial charge on any atom is 0.122 e. The first-order chi connectivity index (χ1) is 10.6. The van der Waals surface area contributed by atoms with E-state index >= 15 is 0 Å². The van der Waals surface area contributed by atoms with Gasteiger partial charge in [0.1, 0.15) is 11.5 Å². The van der Waals surface area contributed by atoms with Crippen molar-refractivity contribution in [2.24, 2.45) is 0 Å². The summed E-state index contributed by atoms with van der Waals surface area (Å²) in [7, 11) is 1.67. The van der Waals surface area contributed by atoms with Gasteiger partial charge in [-0.15, -0.1) is 0 Å². The quantitative estimate of drug-likeness (QED) is 0.847. The van der Waals surface area contributed by atoms with Gasteiger partial charge in [-0.3, -0.25) is 4.98 Å². The molecule has 0 saturated carbocycles. The number of aromatic nitrogens is 1. The second kappa shape index (κ2) is 7.80. The van der Waals surface area contributed by atoms with Crippen LogP contribution in [0.1, 0.15) is 36.8 Å². The number of nitrogens with one attached hydrogen (secondary N) is 1. The van der Waals surface area contributed by atoms with Gasteiger partial charge in [-0.2, -0.15) is 0 Å². The molecule has 0 aliphatic heterocycles. The molecule has 0 radical (unpaired) electrons. The molecule has 1 aromatic carbocycles. The van der Waals surface area contributed by atoms with Crippen LogP contribution in [0.4, 0.5) is 0 Å². The van der Waals surface area contributed by atoms with Crippen LogP contribution in [0, 0.1) is 6.92 Å². The summed E-state index contributed by atoms with van der Waals surface area (Å²) in [5.41, 5.74) is 3.14. The third kappa shape index (κ3) is 4.46. The normalized spacial score (nSPS) is 12.0. The number of rotatable bonds is 7. The minimum atomic E-state index is 0.216. The SMILES string of the molecule is CCOc1cccc(C(C)NCc2cc(OC)cc(C)n2)c1. The number of benzene rings is 1. The van der Waals surface area contributed by atoms with E-state index in [9.17, 15) is 0 Å². The van der Waals surface area contributed by atoms with Gasteiger partial charge in [-0.05, 0) is 38.5 Å². The molecular weight excluding hydrogens is 276 g/mol. The van der Waals surface area contributed by atoms with Crippen LogP contribution < -0.4 is 14.8 Å². The molecule has 0 fully saturated rings. The summed E-state index contributed by atoms with van der Waals surface area (Å²) in [5.74, 6) is 1.75. The Bertz CT molecular complexity index is 614. The molecule has 1 N–H and O–H groups in total. The van der Waals surface area contributed by atoms with Crippen LogP contribution in [0.15, 0.2) is 36.4 Å². The van der Waals surface area contributed by atoms with Gasteiger partial charge in [-0.25, -0.2) is 0 Å². The zero-order valence-electron chi connectivity index (χ0n) is 13.7. The van der Waals surface area contributed by atoms with Crippen molar-refractivity contribution in [2.75, 3.05) is 13.7 Å². The molecule has 1 unspecified atom stereocenters. The van der Waals surface area contributed by atoms with Crippen LogP contribution in [-0.2, 0) is 6.54 Å². The second-order valence-corrected chi connectivity index (χ2v) is 5.25. The van der Waals surface area contributed by atoms with Crippen LogP contribution in [-0.4, -0.2) is 18.7 Å². The summed E-state index contributed by atoms with van der Waals surface area (Å²) >= 11 is 0. The predicted octanol–water partition coefficient (Wildman–Crippen LogP) is 3.65. The Morgan fingerprint density at radius 3 is 2.73 bits per heavy atom. The number of aryl methyl sites for hydroxylation is 1. The molecule has 1 atom stereocenters. The monoisotopic (exact) mass is 300 g/mol. The lowest BCUT2D eigenvalue weighted by Gasteiger charge is -2.15. The lowest BCUT2D eigenvalue weighted by molar-refractivity contribution is 0.339. The fraction of sp³-hybridized carbons (Fsp3) is 0.389. The van der Waals surface area contributed by atoms with Crippen LogP contribution in [0.3, 0.4) is 0 Å². The molecule has 0 spiro atoms. The Morgan fingerprint density at radius 1 is 1.18 bits per heavy atom. The molecule has 1 aromatic heterocycles. The van der Waals surface area contributed by atoms with Crippen LogP contribution in [0.2, 0.25) is 0 Å². The molecule has 0 bridgehead atoms. The molecule has 0 aliphatic carbocycles. The highest BCUT2D eigenvalue weighted by atomic mass is 16.5. The van der Waals surface area contributed by atoms with Crippen molar-refractivity contribution in [3.63, 3.8) is 0 Å². The van der Waals surface area contributed by atoms with E-state index < -0.39 is 0 Å². The Kier molecular flexibility index (Phi) is 5.78. The summed E-state index contributed by atoms with van der Waals surface area (Å²) in [6, 6.07) is 12.3. The van der Waals surface area contributed by atoms with Gasteiger partial charge in [-0.1, -0.05) is 12.1 Å². The first kappa shape index (κ1) is 16.3. The minimum Gasteiger partial charge on any atom is -0.497 e. The highest BCUT2D eigenvalue weighted by Crippen LogP contribution is 2.20. The maximum absolute atomic E-state index is 5.55. The van der Waals surface area contributed by atoms with E-state index in [2.05, 4.69) is 29.4 Å². The van der Waals surface area contributed by atoms with Gasteiger partial charge in [0.25, 0.3) is 0 Å². The highest BCUT2D eigenvalue weighted by molar-refractivity contribution is 5.31. The van der Waals surface area contributed by atoms with E-state index in [4.69, 9.17) is 9.47 Å². The predicted molar refractivity (Wildman–Crippen MR) is 88.4 cm³/mol. The minimum absolute atomic E-state index is 0.216. The van der Waals surface area contributed by atoms with Gasteiger partial charge in [0.15, 0.2) is 0 Å². The zero-order chi connectivity index (χ0) is 15.9. The average molecular weight is 300 g/mol. The number of hydrogen-bond donors (Lipinski definition) is 1. The topological polar surface area (TPSA) is 43.4 Å². The summed E-state index contributed by atoms with van der Waals surface area (Å²) in [6.45, 7) is 7.47. The first-order valence-electron chi connectivity index (χ1n) is 7.60. The van der Waals surface area contributed by atoms with E-state index in [0.29, 0.717) is 13.2 Å². The molecule has 118 valence electrons. The Morgan fingerprint density at radius 2 is 2.00 bits per heavy atom. The van der Waals surface area contributed by atoms with Crippen molar-refractivity contribution in [3.8, 4) is 11.5 Å². The molecule has 0 aliphatic rings. The molecule has 2 rings (SSSR count). The Labute approximate surface area is 132 Å². The second-order valence-electron chi connectivity index (χ2n) is 5.25. The van der Waals surface area contributed by atoms with E-state index in [1.807, 2.05) is 38.1 Å².